The number of benzene rings is 1. The molecule has 2 heterocycles. The first-order valence-electron chi connectivity index (χ1n) is 8.10. The van der Waals surface area contributed by atoms with Crippen LogP contribution in [0.1, 0.15) is 33.0 Å². The van der Waals surface area contributed by atoms with Gasteiger partial charge in [0, 0.05) is 10.4 Å². The maximum absolute atomic E-state index is 12.4. The Bertz CT molecular complexity index is 833. The van der Waals surface area contributed by atoms with Crippen molar-refractivity contribution in [1.82, 2.24) is 9.97 Å². The lowest BCUT2D eigenvalue weighted by Crippen LogP contribution is -2.10. The summed E-state index contributed by atoms with van der Waals surface area (Å²) >= 11 is 1.61. The maximum Gasteiger partial charge on any atom is 0.265 e. The molecule has 0 atom stereocenters. The Hall–Kier alpha value is -2.53. The van der Waals surface area contributed by atoms with Gasteiger partial charge in [-0.25, -0.2) is 9.97 Å². The summed E-state index contributed by atoms with van der Waals surface area (Å²) in [6.45, 7) is 0. The van der Waals surface area contributed by atoms with E-state index in [4.69, 9.17) is 0 Å². The highest BCUT2D eigenvalue weighted by molar-refractivity contribution is 7.14. The molecule has 1 aliphatic rings. The van der Waals surface area contributed by atoms with Crippen LogP contribution in [0.4, 0.5) is 5.69 Å². The number of nitrogens with one attached hydrogen (secondary N) is 1. The molecule has 0 saturated carbocycles. The molecular formula is C19H17N3OS. The fourth-order valence-corrected chi connectivity index (χ4v) is 4.07. The minimum absolute atomic E-state index is 0.0783. The Kier molecular flexibility index (Phi) is 4.09. The van der Waals surface area contributed by atoms with Gasteiger partial charge in [-0.15, -0.1) is 11.3 Å². The van der Waals surface area contributed by atoms with E-state index in [-0.39, 0.29) is 5.91 Å². The Morgan fingerprint density at radius 1 is 1.04 bits per heavy atom. The van der Waals surface area contributed by atoms with Crippen molar-refractivity contribution in [1.29, 1.82) is 0 Å². The first-order valence-corrected chi connectivity index (χ1v) is 8.91. The molecule has 0 saturated heterocycles. The summed E-state index contributed by atoms with van der Waals surface area (Å²) < 4.78 is 0. The fraction of sp³-hybridized carbons (Fsp3) is 0.211. The Labute approximate surface area is 144 Å². The smallest absolute Gasteiger partial charge is 0.265 e. The second-order valence-electron chi connectivity index (χ2n) is 5.88. The second kappa shape index (κ2) is 6.53. The highest BCUT2D eigenvalue weighted by atomic mass is 32.1. The van der Waals surface area contributed by atoms with Crippen LogP contribution < -0.4 is 5.32 Å². The number of aryl methyl sites for hydroxylation is 2. The molecule has 3 aromatic rings. The van der Waals surface area contributed by atoms with Crippen molar-refractivity contribution >= 4 is 22.9 Å². The lowest BCUT2D eigenvalue weighted by atomic mass is 9.99. The van der Waals surface area contributed by atoms with Crippen LogP contribution in [0, 0.1) is 0 Å². The largest absolute Gasteiger partial charge is 0.319 e. The number of carbonyl (C=O) groups is 1. The molecule has 2 aromatic heterocycles. The molecule has 0 unspecified atom stereocenters. The molecular weight excluding hydrogens is 318 g/mol. The van der Waals surface area contributed by atoms with E-state index < -0.39 is 0 Å². The van der Waals surface area contributed by atoms with E-state index in [1.54, 1.807) is 23.7 Å². The molecule has 120 valence electrons. The number of aromatic nitrogens is 2. The van der Waals surface area contributed by atoms with Crippen molar-refractivity contribution in [3.63, 3.8) is 0 Å². The predicted octanol–water partition coefficient (Wildman–Crippen LogP) is 4.34. The average molecular weight is 335 g/mol. The summed E-state index contributed by atoms with van der Waals surface area (Å²) in [5.41, 5.74) is 2.92. The molecule has 4 rings (SSSR count). The van der Waals surface area contributed by atoms with Crippen LogP contribution in [-0.2, 0) is 12.8 Å². The third-order valence-corrected chi connectivity index (χ3v) is 5.40. The molecule has 0 fully saturated rings. The standard InChI is InChI=1S/C19H17N3OS/c23-19(17-10-14-8-4-5-9-16(14)24-17)22-15-11-20-18(21-12-15)13-6-2-1-3-7-13/h1-3,6-7,10-12H,4-5,8-9H2,(H,22,23). The summed E-state index contributed by atoms with van der Waals surface area (Å²) in [6.07, 6.45) is 7.95. The second-order valence-corrected chi connectivity index (χ2v) is 7.02. The number of anilines is 1. The normalized spacial score (nSPS) is 13.3. The molecule has 1 amide bonds. The number of hydrogen-bond donors (Lipinski definition) is 1. The zero-order valence-corrected chi connectivity index (χ0v) is 14.0. The SMILES string of the molecule is O=C(Nc1cnc(-c2ccccc2)nc1)c1cc2c(s1)CCCC2. The average Bonchev–Trinajstić information content (AvgIpc) is 3.07. The van der Waals surface area contributed by atoms with Gasteiger partial charge in [0.25, 0.3) is 5.91 Å². The lowest BCUT2D eigenvalue weighted by molar-refractivity contribution is 0.103. The molecule has 0 radical (unpaired) electrons. The van der Waals surface area contributed by atoms with Gasteiger partial charge in [-0.05, 0) is 37.3 Å². The van der Waals surface area contributed by atoms with E-state index in [0.29, 0.717) is 11.5 Å². The number of rotatable bonds is 3. The van der Waals surface area contributed by atoms with Gasteiger partial charge >= 0.3 is 0 Å². The van der Waals surface area contributed by atoms with E-state index in [9.17, 15) is 4.79 Å². The quantitative estimate of drug-likeness (QED) is 0.775. The van der Waals surface area contributed by atoms with E-state index in [1.807, 2.05) is 36.4 Å². The summed E-state index contributed by atoms with van der Waals surface area (Å²) in [4.78, 5) is 23.2. The van der Waals surface area contributed by atoms with Gasteiger partial charge < -0.3 is 5.32 Å². The Morgan fingerprint density at radius 2 is 1.79 bits per heavy atom. The molecule has 1 N–H and O–H groups in total. The van der Waals surface area contributed by atoms with E-state index in [1.165, 1.54) is 23.3 Å². The van der Waals surface area contributed by atoms with E-state index in [0.717, 1.165) is 23.3 Å². The third kappa shape index (κ3) is 3.08. The zero-order chi connectivity index (χ0) is 16.4. The van der Waals surface area contributed by atoms with Gasteiger partial charge in [-0.1, -0.05) is 30.3 Å². The highest BCUT2D eigenvalue weighted by Crippen LogP contribution is 2.30. The highest BCUT2D eigenvalue weighted by Gasteiger charge is 2.17. The molecule has 4 nitrogen and oxygen atoms in total. The third-order valence-electron chi connectivity index (χ3n) is 4.16. The van der Waals surface area contributed by atoms with Gasteiger partial charge in [-0.3, -0.25) is 4.79 Å². The first-order chi connectivity index (χ1) is 11.8. The molecule has 5 heteroatoms. The van der Waals surface area contributed by atoms with Gasteiger partial charge in [0.05, 0.1) is 23.0 Å². The van der Waals surface area contributed by atoms with Crippen molar-refractivity contribution in [3.8, 4) is 11.4 Å². The van der Waals surface area contributed by atoms with Crippen molar-refractivity contribution in [2.75, 3.05) is 5.32 Å². The minimum Gasteiger partial charge on any atom is -0.319 e. The van der Waals surface area contributed by atoms with Crippen molar-refractivity contribution < 1.29 is 4.79 Å². The number of hydrogen-bond acceptors (Lipinski definition) is 4. The van der Waals surface area contributed by atoms with Crippen LogP contribution in [0.5, 0.6) is 0 Å². The van der Waals surface area contributed by atoms with E-state index >= 15 is 0 Å². The summed E-state index contributed by atoms with van der Waals surface area (Å²) in [5, 5.41) is 2.89. The monoisotopic (exact) mass is 335 g/mol. The Balaban J connectivity index is 1.49. The summed E-state index contributed by atoms with van der Waals surface area (Å²) in [7, 11) is 0. The molecule has 1 aromatic carbocycles. The van der Waals surface area contributed by atoms with Crippen LogP contribution in [0.2, 0.25) is 0 Å². The van der Waals surface area contributed by atoms with Crippen molar-refractivity contribution in [2.45, 2.75) is 25.7 Å². The molecule has 1 aliphatic carbocycles. The maximum atomic E-state index is 12.4. The number of thiophene rings is 1. The van der Waals surface area contributed by atoms with Crippen LogP contribution in [0.15, 0.2) is 48.8 Å². The van der Waals surface area contributed by atoms with Gasteiger partial charge in [0.2, 0.25) is 0 Å². The first kappa shape index (κ1) is 15.0. The van der Waals surface area contributed by atoms with Gasteiger partial charge in [0.1, 0.15) is 0 Å². The number of amides is 1. The minimum atomic E-state index is -0.0783. The molecule has 24 heavy (non-hydrogen) atoms. The fourth-order valence-electron chi connectivity index (χ4n) is 2.92. The number of nitrogens with zero attached hydrogens (tertiary/aromatic N) is 2. The molecule has 0 bridgehead atoms. The lowest BCUT2D eigenvalue weighted by Gasteiger charge is -2.08. The summed E-state index contributed by atoms with van der Waals surface area (Å²) in [6, 6.07) is 11.8. The van der Waals surface area contributed by atoms with Crippen LogP contribution >= 0.6 is 11.3 Å². The topological polar surface area (TPSA) is 54.9 Å². The number of fused-ring (bicyclic) bond motifs is 1. The van der Waals surface area contributed by atoms with Crippen molar-refractivity contribution in [3.05, 3.63) is 64.1 Å². The predicted molar refractivity (Wildman–Crippen MR) is 96.4 cm³/mol. The van der Waals surface area contributed by atoms with Crippen LogP contribution in [-0.4, -0.2) is 15.9 Å². The van der Waals surface area contributed by atoms with Gasteiger partial charge in [0.15, 0.2) is 5.82 Å². The molecule has 0 aliphatic heterocycles. The van der Waals surface area contributed by atoms with Gasteiger partial charge in [-0.2, -0.15) is 0 Å². The summed E-state index contributed by atoms with van der Waals surface area (Å²) in [5.74, 6) is 0.575. The number of carbonyl (C=O) groups excluding carboxylic acids is 1. The van der Waals surface area contributed by atoms with Crippen molar-refractivity contribution in [2.24, 2.45) is 0 Å². The molecule has 0 spiro atoms. The van der Waals surface area contributed by atoms with Crippen LogP contribution in [0.3, 0.4) is 0 Å². The van der Waals surface area contributed by atoms with Crippen LogP contribution in [0.25, 0.3) is 11.4 Å². The Morgan fingerprint density at radius 3 is 2.54 bits per heavy atom. The zero-order valence-electron chi connectivity index (χ0n) is 13.2. The van der Waals surface area contributed by atoms with E-state index in [2.05, 4.69) is 15.3 Å².